The molecule has 7 nitrogen and oxygen atoms in total. The summed E-state index contributed by atoms with van der Waals surface area (Å²) >= 11 is 6.38. The normalized spacial score (nSPS) is 17.5. The highest BCUT2D eigenvalue weighted by Gasteiger charge is 2.25. The number of halogens is 1. The highest BCUT2D eigenvalue weighted by Crippen LogP contribution is 2.34. The van der Waals surface area contributed by atoms with Gasteiger partial charge >= 0.3 is 0 Å². The first-order valence-corrected chi connectivity index (χ1v) is 12.9. The summed E-state index contributed by atoms with van der Waals surface area (Å²) in [5.41, 5.74) is 2.38. The van der Waals surface area contributed by atoms with Gasteiger partial charge in [-0.25, -0.2) is 4.98 Å². The van der Waals surface area contributed by atoms with Crippen LogP contribution in [0.15, 0.2) is 61.2 Å². The molecule has 1 fully saturated rings. The number of hydrogen-bond acceptors (Lipinski definition) is 5. The maximum atomic E-state index is 13.0. The van der Waals surface area contributed by atoms with Gasteiger partial charge in [-0.3, -0.25) is 9.59 Å². The second-order valence-electron chi connectivity index (χ2n) is 9.41. The van der Waals surface area contributed by atoms with Crippen molar-refractivity contribution in [3.05, 3.63) is 71.9 Å². The first-order chi connectivity index (χ1) is 17.9. The van der Waals surface area contributed by atoms with Crippen molar-refractivity contribution in [2.24, 2.45) is 0 Å². The molecule has 0 atom stereocenters. The minimum absolute atomic E-state index is 0.142. The van der Waals surface area contributed by atoms with Gasteiger partial charge in [-0.2, -0.15) is 0 Å². The Balaban J connectivity index is 1.48. The number of nitrogens with one attached hydrogen (secondary N) is 2. The summed E-state index contributed by atoms with van der Waals surface area (Å²) in [6.07, 6.45) is 5.18. The lowest BCUT2D eigenvalue weighted by molar-refractivity contribution is -0.111. The number of carbonyl (C=O) groups excluding carboxylic acids is 2. The number of amides is 2. The van der Waals surface area contributed by atoms with Crippen LogP contribution in [0.1, 0.15) is 36.2 Å². The molecule has 3 aromatic rings. The number of anilines is 1. The summed E-state index contributed by atoms with van der Waals surface area (Å²) in [6.45, 7) is 5.15. The number of nitrogens with zero attached hydrogens (tertiary/aromatic N) is 2. The molecule has 4 rings (SSSR count). The number of likely N-dealkylation sites (N-methyl/N-ethyl adjacent to an activating group) is 1. The molecule has 1 saturated carbocycles. The van der Waals surface area contributed by atoms with Crippen molar-refractivity contribution >= 4 is 39.9 Å². The Bertz CT molecular complexity index is 1290. The number of carbonyl (C=O) groups is 2. The van der Waals surface area contributed by atoms with Gasteiger partial charge < -0.3 is 20.3 Å². The topological polar surface area (TPSA) is 83.6 Å². The third-order valence-corrected chi connectivity index (χ3v) is 7.30. The van der Waals surface area contributed by atoms with E-state index in [4.69, 9.17) is 16.3 Å². The number of methoxy groups -OCH3 is 1. The standard InChI is InChI=1S/C29H33ClN4O3/c1-4-27(35)33-28-23-18-20(9-8-19(23)10-15-24(28)30)25-6-5-7-26(32-25)29(36)31-21-11-13-22(14-12-21)34(2)16-17-37-3/h4-10,15,18,21-22H,1,11-14,16-17H2,2-3H3,(H,31,36)(H,33,35)/t21-,22-. The smallest absolute Gasteiger partial charge is 0.270 e. The van der Waals surface area contributed by atoms with Crippen molar-refractivity contribution < 1.29 is 14.3 Å². The third-order valence-electron chi connectivity index (χ3n) is 6.99. The second kappa shape index (κ2) is 12.3. The minimum atomic E-state index is -0.341. The fourth-order valence-corrected chi connectivity index (χ4v) is 5.03. The largest absolute Gasteiger partial charge is 0.383 e. The third kappa shape index (κ3) is 6.55. The molecule has 0 unspecified atom stereocenters. The Hall–Kier alpha value is -3.26. The van der Waals surface area contributed by atoms with E-state index >= 15 is 0 Å². The SMILES string of the molecule is C=CC(=O)Nc1c(Cl)ccc2ccc(-c3cccc(C(=O)N[C@H]4CC[C@H](N(C)CCOC)CC4)n3)cc12. The molecule has 194 valence electrons. The van der Waals surface area contributed by atoms with Crippen molar-refractivity contribution in [3.8, 4) is 11.3 Å². The molecule has 0 spiro atoms. The summed E-state index contributed by atoms with van der Waals surface area (Å²) in [4.78, 5) is 32.0. The molecule has 8 heteroatoms. The summed E-state index contributed by atoms with van der Waals surface area (Å²) in [5.74, 6) is -0.506. The van der Waals surface area contributed by atoms with Crippen LogP contribution in [0.2, 0.25) is 5.02 Å². The van der Waals surface area contributed by atoms with E-state index in [0.29, 0.717) is 28.1 Å². The number of ether oxygens (including phenoxy) is 1. The lowest BCUT2D eigenvalue weighted by Gasteiger charge is -2.34. The highest BCUT2D eigenvalue weighted by molar-refractivity contribution is 6.35. The van der Waals surface area contributed by atoms with Crippen LogP contribution in [0.25, 0.3) is 22.0 Å². The van der Waals surface area contributed by atoms with Crippen molar-refractivity contribution in [2.45, 2.75) is 37.8 Å². The predicted octanol–water partition coefficient (Wildman–Crippen LogP) is 5.30. The Labute approximate surface area is 222 Å². The summed E-state index contributed by atoms with van der Waals surface area (Å²) < 4.78 is 5.19. The van der Waals surface area contributed by atoms with Crippen molar-refractivity contribution in [1.29, 1.82) is 0 Å². The molecule has 0 saturated heterocycles. The molecule has 0 bridgehead atoms. The van der Waals surface area contributed by atoms with E-state index in [1.54, 1.807) is 19.2 Å². The van der Waals surface area contributed by atoms with Gasteiger partial charge in [0.1, 0.15) is 5.69 Å². The van der Waals surface area contributed by atoms with Crippen LogP contribution in [-0.2, 0) is 9.53 Å². The van der Waals surface area contributed by atoms with E-state index in [0.717, 1.165) is 55.2 Å². The Morgan fingerprint density at radius 2 is 1.92 bits per heavy atom. The van der Waals surface area contributed by atoms with E-state index in [1.807, 2.05) is 36.4 Å². The van der Waals surface area contributed by atoms with Gasteiger partial charge in [0.15, 0.2) is 0 Å². The van der Waals surface area contributed by atoms with Gasteiger partial charge in [-0.1, -0.05) is 42.4 Å². The molecule has 0 radical (unpaired) electrons. The van der Waals surface area contributed by atoms with E-state index in [1.165, 1.54) is 6.08 Å². The quantitative estimate of drug-likeness (QED) is 0.374. The fourth-order valence-electron chi connectivity index (χ4n) is 4.81. The molecule has 2 N–H and O–H groups in total. The van der Waals surface area contributed by atoms with Gasteiger partial charge in [0.2, 0.25) is 5.91 Å². The average molecular weight is 521 g/mol. The van der Waals surface area contributed by atoms with Crippen LogP contribution in [0, 0.1) is 0 Å². The first kappa shape index (κ1) is 26.8. The Kier molecular flexibility index (Phi) is 8.92. The number of fused-ring (bicyclic) bond motifs is 1. The molecule has 0 aliphatic heterocycles. The molecule has 2 amide bonds. The average Bonchev–Trinajstić information content (AvgIpc) is 2.93. The van der Waals surface area contributed by atoms with E-state index in [2.05, 4.69) is 34.1 Å². The zero-order valence-corrected chi connectivity index (χ0v) is 22.1. The number of rotatable bonds is 9. The fraction of sp³-hybridized carbons (Fsp3) is 0.345. The Morgan fingerprint density at radius 3 is 2.65 bits per heavy atom. The van der Waals surface area contributed by atoms with Crippen LogP contribution in [0.4, 0.5) is 5.69 Å². The predicted molar refractivity (Wildman–Crippen MR) is 149 cm³/mol. The lowest BCUT2D eigenvalue weighted by atomic mass is 9.90. The van der Waals surface area contributed by atoms with Crippen molar-refractivity contribution in [2.75, 3.05) is 32.6 Å². The number of aromatic nitrogens is 1. The summed E-state index contributed by atoms with van der Waals surface area (Å²) in [5, 5.41) is 8.10. The summed E-state index contributed by atoms with van der Waals surface area (Å²) in [7, 11) is 3.86. The lowest BCUT2D eigenvalue weighted by Crippen LogP contribution is -2.43. The van der Waals surface area contributed by atoms with Gasteiger partial charge in [0.05, 0.1) is 23.0 Å². The molecule has 2 aromatic carbocycles. The van der Waals surface area contributed by atoms with Gasteiger partial charge in [0.25, 0.3) is 5.91 Å². The molecule has 1 heterocycles. The van der Waals surface area contributed by atoms with Crippen LogP contribution in [0.3, 0.4) is 0 Å². The highest BCUT2D eigenvalue weighted by atomic mass is 35.5. The second-order valence-corrected chi connectivity index (χ2v) is 9.82. The van der Waals surface area contributed by atoms with Crippen LogP contribution < -0.4 is 10.6 Å². The maximum Gasteiger partial charge on any atom is 0.270 e. The van der Waals surface area contributed by atoms with Crippen molar-refractivity contribution in [1.82, 2.24) is 15.2 Å². The molecular formula is C29H33ClN4O3. The van der Waals surface area contributed by atoms with E-state index < -0.39 is 0 Å². The van der Waals surface area contributed by atoms with E-state index in [9.17, 15) is 9.59 Å². The van der Waals surface area contributed by atoms with Crippen LogP contribution in [-0.4, -0.2) is 61.1 Å². The summed E-state index contributed by atoms with van der Waals surface area (Å²) in [6, 6.07) is 15.6. The van der Waals surface area contributed by atoms with E-state index in [-0.39, 0.29) is 17.9 Å². The molecule has 1 aliphatic rings. The Morgan fingerprint density at radius 1 is 1.16 bits per heavy atom. The molecule has 37 heavy (non-hydrogen) atoms. The van der Waals surface area contributed by atoms with Crippen LogP contribution in [0.5, 0.6) is 0 Å². The van der Waals surface area contributed by atoms with Gasteiger partial charge in [-0.15, -0.1) is 0 Å². The first-order valence-electron chi connectivity index (χ1n) is 12.5. The van der Waals surface area contributed by atoms with Crippen LogP contribution >= 0.6 is 11.6 Å². The molecule has 1 aliphatic carbocycles. The zero-order valence-electron chi connectivity index (χ0n) is 21.3. The number of benzene rings is 2. The van der Waals surface area contributed by atoms with Gasteiger partial charge in [-0.05, 0) is 68.5 Å². The number of pyridine rings is 1. The van der Waals surface area contributed by atoms with Crippen molar-refractivity contribution in [3.63, 3.8) is 0 Å². The maximum absolute atomic E-state index is 13.0. The van der Waals surface area contributed by atoms with Gasteiger partial charge in [0, 0.05) is 36.7 Å². The number of hydrogen-bond donors (Lipinski definition) is 2. The molecule has 1 aromatic heterocycles. The monoisotopic (exact) mass is 520 g/mol. The minimum Gasteiger partial charge on any atom is -0.383 e. The zero-order chi connectivity index (χ0) is 26.4. The molecular weight excluding hydrogens is 488 g/mol.